The monoisotopic (exact) mass is 217 g/mol. The lowest BCUT2D eigenvalue weighted by Crippen LogP contribution is -2.36. The maximum atomic E-state index is 11.0. The van der Waals surface area contributed by atoms with Gasteiger partial charge in [0, 0.05) is 6.08 Å². The number of esters is 1. The summed E-state index contributed by atoms with van der Waals surface area (Å²) in [4.78, 5) is 21.9. The fourth-order valence-electron chi connectivity index (χ4n) is 1.17. The van der Waals surface area contributed by atoms with Crippen molar-refractivity contribution >= 4 is 13.9 Å². The molecule has 0 aliphatic carbocycles. The first-order valence-electron chi connectivity index (χ1n) is 4.51. The van der Waals surface area contributed by atoms with Crippen LogP contribution in [0.2, 0.25) is 0 Å². The standard InChI is InChI=1S/C9H16NO3P/c1-4-8(11)13-9(5-2,6-3)7-14(10)12/h4,10H,1,5-7H2,2-3H3. The van der Waals surface area contributed by atoms with Crippen LogP contribution in [0.3, 0.4) is 0 Å². The van der Waals surface area contributed by atoms with Gasteiger partial charge in [0.1, 0.15) is 0 Å². The van der Waals surface area contributed by atoms with Crippen LogP contribution in [0.1, 0.15) is 26.7 Å². The lowest BCUT2D eigenvalue weighted by Gasteiger charge is -2.27. The molecule has 0 bridgehead atoms. The lowest BCUT2D eigenvalue weighted by molar-refractivity contribution is -0.164. The molecule has 0 aromatic carbocycles. The Morgan fingerprint density at radius 1 is 1.64 bits per heavy atom. The van der Waals surface area contributed by atoms with E-state index >= 15 is 0 Å². The zero-order chi connectivity index (χ0) is 11.2. The van der Waals surface area contributed by atoms with E-state index in [0.717, 1.165) is 6.08 Å². The summed E-state index contributed by atoms with van der Waals surface area (Å²) in [7, 11) is -2.05. The summed E-state index contributed by atoms with van der Waals surface area (Å²) in [5, 5.41) is 7.03. The average molecular weight is 217 g/mol. The maximum Gasteiger partial charge on any atom is 0.330 e. The van der Waals surface area contributed by atoms with Crippen molar-refractivity contribution in [2.45, 2.75) is 32.3 Å². The quantitative estimate of drug-likeness (QED) is 0.418. The first-order valence-corrected chi connectivity index (χ1v) is 5.95. The third kappa shape index (κ3) is 3.99. The largest absolute Gasteiger partial charge is 0.612 e. The summed E-state index contributed by atoms with van der Waals surface area (Å²) in [6, 6.07) is 0. The van der Waals surface area contributed by atoms with Crippen LogP contribution in [0.25, 0.3) is 0 Å². The van der Waals surface area contributed by atoms with Gasteiger partial charge in [-0.1, -0.05) is 20.4 Å². The highest BCUT2D eigenvalue weighted by Gasteiger charge is 2.34. The predicted molar refractivity (Wildman–Crippen MR) is 54.1 cm³/mol. The summed E-state index contributed by atoms with van der Waals surface area (Å²) in [6.07, 6.45) is 2.29. The van der Waals surface area contributed by atoms with E-state index in [1.807, 2.05) is 13.8 Å². The van der Waals surface area contributed by atoms with Gasteiger partial charge in [0.25, 0.3) is 0 Å². The maximum absolute atomic E-state index is 11.0. The van der Waals surface area contributed by atoms with Crippen molar-refractivity contribution in [2.24, 2.45) is 0 Å². The van der Waals surface area contributed by atoms with E-state index in [2.05, 4.69) is 6.58 Å². The van der Waals surface area contributed by atoms with Gasteiger partial charge in [0.15, 0.2) is 19.7 Å². The van der Waals surface area contributed by atoms with E-state index in [-0.39, 0.29) is 6.16 Å². The van der Waals surface area contributed by atoms with Gasteiger partial charge in [-0.3, -0.25) is 0 Å². The number of carbonyl (C=O) groups is 1. The van der Waals surface area contributed by atoms with Crippen LogP contribution < -0.4 is 4.89 Å². The number of nitrogens with one attached hydrogen (secondary N) is 1. The normalized spacial score (nSPS) is 12.1. The number of rotatable bonds is 6. The molecular formula is C9H16NO3P. The Morgan fingerprint density at radius 3 is 2.43 bits per heavy atom. The van der Waals surface area contributed by atoms with E-state index in [1.54, 1.807) is 0 Å². The summed E-state index contributed by atoms with van der Waals surface area (Å²) in [5.41, 5.74) is -0.763. The molecule has 0 aromatic rings. The average Bonchev–Trinajstić information content (AvgIpc) is 2.15. The molecule has 1 unspecified atom stereocenters. The Kier molecular flexibility index (Phi) is 5.58. The molecule has 0 aromatic heterocycles. The second-order valence-corrected chi connectivity index (χ2v) is 4.13. The van der Waals surface area contributed by atoms with Gasteiger partial charge in [-0.15, -0.1) is 5.16 Å². The van der Waals surface area contributed by atoms with Crippen LogP contribution in [0.15, 0.2) is 12.7 Å². The second kappa shape index (κ2) is 5.89. The first kappa shape index (κ1) is 13.3. The van der Waals surface area contributed by atoms with Crippen LogP contribution in [0.5, 0.6) is 0 Å². The molecule has 0 rings (SSSR count). The van der Waals surface area contributed by atoms with Gasteiger partial charge in [0.2, 0.25) is 0 Å². The minimum absolute atomic E-state index is 0.0922. The van der Waals surface area contributed by atoms with Crippen molar-refractivity contribution in [1.82, 2.24) is 0 Å². The van der Waals surface area contributed by atoms with Crippen LogP contribution in [-0.4, -0.2) is 17.7 Å². The molecule has 0 saturated heterocycles. The Hall–Kier alpha value is -0.730. The molecule has 80 valence electrons. The summed E-state index contributed by atoms with van der Waals surface area (Å²) < 4.78 is 5.14. The van der Waals surface area contributed by atoms with E-state index in [1.165, 1.54) is 0 Å². The van der Waals surface area contributed by atoms with Crippen molar-refractivity contribution in [3.8, 4) is 0 Å². The molecule has 0 aliphatic rings. The van der Waals surface area contributed by atoms with Crippen molar-refractivity contribution in [3.63, 3.8) is 0 Å². The van der Waals surface area contributed by atoms with Crippen molar-refractivity contribution in [1.29, 1.82) is 5.16 Å². The number of hydrogen-bond acceptors (Lipinski definition) is 4. The molecule has 0 heterocycles. The molecule has 14 heavy (non-hydrogen) atoms. The topological polar surface area (TPSA) is 73.2 Å². The number of ether oxygens (including phenoxy) is 1. The van der Waals surface area contributed by atoms with E-state index in [0.29, 0.717) is 12.8 Å². The molecule has 1 atom stereocenters. The highest BCUT2D eigenvalue weighted by atomic mass is 31.1. The lowest BCUT2D eigenvalue weighted by atomic mass is 10.00. The summed E-state index contributed by atoms with van der Waals surface area (Å²) in [5.74, 6) is -0.523. The molecule has 0 aliphatic heterocycles. The third-order valence-corrected chi connectivity index (χ3v) is 3.07. The van der Waals surface area contributed by atoms with Crippen molar-refractivity contribution in [3.05, 3.63) is 12.7 Å². The fourth-order valence-corrected chi connectivity index (χ4v) is 2.20. The van der Waals surface area contributed by atoms with Crippen LogP contribution in [-0.2, 0) is 9.53 Å². The molecule has 0 radical (unpaired) electrons. The second-order valence-electron chi connectivity index (χ2n) is 3.05. The van der Waals surface area contributed by atoms with Crippen molar-refractivity contribution in [2.75, 3.05) is 6.16 Å². The summed E-state index contributed by atoms with van der Waals surface area (Å²) >= 11 is 0. The minimum atomic E-state index is -2.05. The molecule has 1 N–H and O–H groups in total. The molecule has 0 saturated carbocycles. The van der Waals surface area contributed by atoms with Gasteiger partial charge < -0.3 is 9.63 Å². The highest BCUT2D eigenvalue weighted by molar-refractivity contribution is 7.37. The highest BCUT2D eigenvalue weighted by Crippen LogP contribution is 2.29. The molecule has 0 fully saturated rings. The molecule has 4 nitrogen and oxygen atoms in total. The Bertz CT molecular complexity index is 236. The SMILES string of the molecule is C=CC(=O)OC(CC)(CC)C[P+](=N)[O-]. The minimum Gasteiger partial charge on any atom is -0.612 e. The van der Waals surface area contributed by atoms with Crippen LogP contribution in [0.4, 0.5) is 0 Å². The third-order valence-electron chi connectivity index (χ3n) is 2.20. The van der Waals surface area contributed by atoms with Gasteiger partial charge in [-0.05, 0) is 12.8 Å². The Labute approximate surface area is 85.3 Å². The van der Waals surface area contributed by atoms with Gasteiger partial charge >= 0.3 is 5.97 Å². The molecule has 5 heteroatoms. The van der Waals surface area contributed by atoms with Crippen LogP contribution >= 0.6 is 7.94 Å². The van der Waals surface area contributed by atoms with Gasteiger partial charge in [-0.2, -0.15) is 0 Å². The molecule has 0 spiro atoms. The number of hydrogen-bond donors (Lipinski definition) is 1. The fraction of sp³-hybridized carbons (Fsp3) is 0.667. The van der Waals surface area contributed by atoms with E-state index in [9.17, 15) is 9.69 Å². The smallest absolute Gasteiger partial charge is 0.330 e. The Balaban J connectivity index is 4.59. The zero-order valence-corrected chi connectivity index (χ0v) is 9.47. The molecular weight excluding hydrogens is 201 g/mol. The van der Waals surface area contributed by atoms with Crippen molar-refractivity contribution < 1.29 is 14.4 Å². The van der Waals surface area contributed by atoms with E-state index in [4.69, 9.17) is 9.90 Å². The van der Waals surface area contributed by atoms with Gasteiger partial charge in [-0.25, -0.2) is 4.79 Å². The first-order chi connectivity index (χ1) is 6.49. The molecule has 0 amide bonds. The van der Waals surface area contributed by atoms with E-state index < -0.39 is 19.5 Å². The zero-order valence-electron chi connectivity index (χ0n) is 8.58. The van der Waals surface area contributed by atoms with Crippen LogP contribution in [0, 0.1) is 5.16 Å². The summed E-state index contributed by atoms with van der Waals surface area (Å²) in [6.45, 7) is 6.99. The Morgan fingerprint density at radius 2 is 2.14 bits per heavy atom. The predicted octanol–water partition coefficient (Wildman–Crippen LogP) is 1.79. The van der Waals surface area contributed by atoms with Gasteiger partial charge in [0.05, 0.1) is 0 Å². The number of carbonyl (C=O) groups excluding carboxylic acids is 1.